The van der Waals surface area contributed by atoms with Crippen LogP contribution in [0, 0.1) is 0 Å². The third-order valence-electron chi connectivity index (χ3n) is 4.09. The first-order chi connectivity index (χ1) is 12.3. The monoisotopic (exact) mass is 375 g/mol. The molecule has 0 fully saturated rings. The van der Waals surface area contributed by atoms with Crippen LogP contribution >= 0.6 is 11.6 Å². The fraction of sp³-hybridized carbons (Fsp3) is 0.333. The Bertz CT molecular complexity index is 893. The predicted molar refractivity (Wildman–Crippen MR) is 96.0 cm³/mol. The highest BCUT2D eigenvalue weighted by atomic mass is 35.5. The summed E-state index contributed by atoms with van der Waals surface area (Å²) in [5.74, 6) is -0.950. The molecular formula is C18H18ClN3O4. The average molecular weight is 376 g/mol. The molecule has 1 aliphatic heterocycles. The van der Waals surface area contributed by atoms with Crippen molar-refractivity contribution in [3.05, 3.63) is 46.5 Å². The van der Waals surface area contributed by atoms with Crippen molar-refractivity contribution in [3.8, 4) is 5.69 Å². The largest absolute Gasteiger partial charge is 0.462 e. The number of carbonyl (C=O) groups is 2. The Morgan fingerprint density at radius 2 is 2.31 bits per heavy atom. The predicted octanol–water partition coefficient (Wildman–Crippen LogP) is 2.76. The Morgan fingerprint density at radius 3 is 2.96 bits per heavy atom. The van der Waals surface area contributed by atoms with Crippen LogP contribution in [-0.4, -0.2) is 40.4 Å². The molecule has 3 rings (SSSR count). The zero-order chi connectivity index (χ0) is 18.9. The maximum absolute atomic E-state index is 12.6. The van der Waals surface area contributed by atoms with Gasteiger partial charge in [0.1, 0.15) is 18.5 Å². The Hall–Kier alpha value is -2.67. The highest BCUT2D eigenvalue weighted by molar-refractivity contribution is 6.31. The summed E-state index contributed by atoms with van der Waals surface area (Å²) >= 11 is 6.27. The van der Waals surface area contributed by atoms with Gasteiger partial charge in [0.15, 0.2) is 5.69 Å². The van der Waals surface area contributed by atoms with E-state index in [4.69, 9.17) is 21.1 Å². The Kier molecular flexibility index (Phi) is 4.82. The van der Waals surface area contributed by atoms with Crippen LogP contribution < -0.4 is 0 Å². The molecule has 2 heterocycles. The third kappa shape index (κ3) is 3.48. The maximum Gasteiger partial charge on any atom is 0.357 e. The molecule has 1 aromatic heterocycles. The number of ether oxygens (including phenoxy) is 2. The molecule has 1 aromatic carbocycles. The number of halogens is 1. The lowest BCUT2D eigenvalue weighted by molar-refractivity contribution is -0.148. The van der Waals surface area contributed by atoms with Crippen molar-refractivity contribution >= 4 is 30.3 Å². The summed E-state index contributed by atoms with van der Waals surface area (Å²) in [7, 11) is 0. The van der Waals surface area contributed by atoms with Gasteiger partial charge in [0.2, 0.25) is 0 Å². The van der Waals surface area contributed by atoms with E-state index in [1.54, 1.807) is 23.9 Å². The lowest BCUT2D eigenvalue weighted by atomic mass is 9.97. The molecule has 2 aromatic rings. The first kappa shape index (κ1) is 18.1. The second kappa shape index (κ2) is 6.92. The summed E-state index contributed by atoms with van der Waals surface area (Å²) in [4.78, 5) is 31.8. The minimum atomic E-state index is -0.938. The number of cyclic esters (lactones) is 1. The minimum Gasteiger partial charge on any atom is -0.462 e. The third-order valence-corrected chi connectivity index (χ3v) is 4.45. The van der Waals surface area contributed by atoms with E-state index in [1.165, 1.54) is 6.92 Å². The molecule has 0 aliphatic carbocycles. The number of rotatable bonds is 5. The van der Waals surface area contributed by atoms with Crippen molar-refractivity contribution in [2.24, 2.45) is 4.99 Å². The van der Waals surface area contributed by atoms with E-state index >= 15 is 0 Å². The van der Waals surface area contributed by atoms with Crippen LogP contribution in [0.15, 0.2) is 29.5 Å². The number of benzene rings is 1. The summed E-state index contributed by atoms with van der Waals surface area (Å²) in [5, 5.41) is 0.529. The molecule has 1 aliphatic rings. The van der Waals surface area contributed by atoms with Crippen LogP contribution in [0.2, 0.25) is 5.02 Å². The molecular weight excluding hydrogens is 358 g/mol. The highest BCUT2D eigenvalue weighted by Crippen LogP contribution is 2.30. The van der Waals surface area contributed by atoms with Crippen molar-refractivity contribution in [2.75, 3.05) is 6.61 Å². The normalized spacial score (nSPS) is 18.8. The van der Waals surface area contributed by atoms with Gasteiger partial charge in [-0.3, -0.25) is 14.4 Å². The molecule has 1 atom stereocenters. The van der Waals surface area contributed by atoms with Gasteiger partial charge in [-0.05, 0) is 31.3 Å². The number of hydrogen-bond acceptors (Lipinski definition) is 6. The summed E-state index contributed by atoms with van der Waals surface area (Å²) in [6.45, 7) is 6.88. The van der Waals surface area contributed by atoms with Gasteiger partial charge >= 0.3 is 11.9 Å². The number of imidazole rings is 1. The molecule has 136 valence electrons. The molecule has 0 saturated carbocycles. The standard InChI is InChI=1S/C18H18ClN3O4/c1-11(23)25-9-18(2)7-15-16(17(24)26-18)22(10-21-15)13-5-4-12(8-20-3)14(19)6-13/h4-6,10H,3,7-9H2,1-2H3. The van der Waals surface area contributed by atoms with E-state index in [-0.39, 0.29) is 6.61 Å². The van der Waals surface area contributed by atoms with Crippen molar-refractivity contribution in [1.29, 1.82) is 0 Å². The molecule has 26 heavy (non-hydrogen) atoms. The van der Waals surface area contributed by atoms with Gasteiger partial charge in [0.25, 0.3) is 0 Å². The van der Waals surface area contributed by atoms with Crippen LogP contribution in [-0.2, 0) is 27.2 Å². The van der Waals surface area contributed by atoms with E-state index in [2.05, 4.69) is 16.7 Å². The summed E-state index contributed by atoms with van der Waals surface area (Å²) < 4.78 is 12.2. The number of hydrogen-bond donors (Lipinski definition) is 0. The first-order valence-electron chi connectivity index (χ1n) is 7.97. The maximum atomic E-state index is 12.6. The average Bonchev–Trinajstić information content (AvgIpc) is 2.99. The Balaban J connectivity index is 1.92. The summed E-state index contributed by atoms with van der Waals surface area (Å²) in [6, 6.07) is 5.40. The Morgan fingerprint density at radius 1 is 1.54 bits per heavy atom. The summed E-state index contributed by atoms with van der Waals surface area (Å²) in [6.07, 6.45) is 1.90. The van der Waals surface area contributed by atoms with Crippen LogP contribution in [0.5, 0.6) is 0 Å². The molecule has 0 spiro atoms. The fourth-order valence-corrected chi connectivity index (χ4v) is 3.09. The number of aliphatic imine (C=N–C) groups is 1. The lowest BCUT2D eigenvalue weighted by Crippen LogP contribution is -2.43. The van der Waals surface area contributed by atoms with Gasteiger partial charge in [-0.1, -0.05) is 17.7 Å². The Labute approximate surface area is 155 Å². The smallest absolute Gasteiger partial charge is 0.357 e. The molecule has 0 radical (unpaired) electrons. The SMILES string of the molecule is C=NCc1ccc(-n2cnc3c2C(=O)OC(C)(COC(C)=O)C3)cc1Cl. The number of aromatic nitrogens is 2. The van der Waals surface area contributed by atoms with Gasteiger partial charge in [-0.15, -0.1) is 0 Å². The fourth-order valence-electron chi connectivity index (χ4n) is 2.86. The van der Waals surface area contributed by atoms with Crippen molar-refractivity contribution < 1.29 is 19.1 Å². The van der Waals surface area contributed by atoms with Gasteiger partial charge in [0.05, 0.1) is 12.2 Å². The molecule has 7 nitrogen and oxygen atoms in total. The lowest BCUT2D eigenvalue weighted by Gasteiger charge is -2.32. The van der Waals surface area contributed by atoms with E-state index in [9.17, 15) is 9.59 Å². The van der Waals surface area contributed by atoms with Crippen molar-refractivity contribution in [1.82, 2.24) is 9.55 Å². The molecule has 0 N–H and O–H groups in total. The number of fused-ring (bicyclic) bond motifs is 1. The quantitative estimate of drug-likeness (QED) is 0.592. The van der Waals surface area contributed by atoms with Crippen LogP contribution in [0.3, 0.4) is 0 Å². The molecule has 8 heteroatoms. The van der Waals surface area contributed by atoms with E-state index < -0.39 is 17.5 Å². The zero-order valence-corrected chi connectivity index (χ0v) is 15.2. The minimum absolute atomic E-state index is 0.0184. The van der Waals surface area contributed by atoms with Gasteiger partial charge < -0.3 is 9.47 Å². The molecule has 1 unspecified atom stereocenters. The second-order valence-electron chi connectivity index (χ2n) is 6.36. The van der Waals surface area contributed by atoms with Crippen molar-refractivity contribution in [2.45, 2.75) is 32.4 Å². The van der Waals surface area contributed by atoms with E-state index in [1.807, 2.05) is 12.1 Å². The van der Waals surface area contributed by atoms with Gasteiger partial charge in [-0.25, -0.2) is 9.78 Å². The molecule has 0 bridgehead atoms. The van der Waals surface area contributed by atoms with Crippen LogP contribution in [0.1, 0.15) is 35.6 Å². The van der Waals surface area contributed by atoms with Crippen LogP contribution in [0.4, 0.5) is 0 Å². The van der Waals surface area contributed by atoms with Gasteiger partial charge in [-0.2, -0.15) is 0 Å². The first-order valence-corrected chi connectivity index (χ1v) is 8.35. The summed E-state index contributed by atoms with van der Waals surface area (Å²) in [5.41, 5.74) is 1.53. The second-order valence-corrected chi connectivity index (χ2v) is 6.77. The highest BCUT2D eigenvalue weighted by Gasteiger charge is 2.40. The topological polar surface area (TPSA) is 82.8 Å². The van der Waals surface area contributed by atoms with Crippen molar-refractivity contribution in [3.63, 3.8) is 0 Å². The van der Waals surface area contributed by atoms with E-state index in [0.717, 1.165) is 5.56 Å². The number of nitrogens with zero attached hydrogens (tertiary/aromatic N) is 3. The van der Waals surface area contributed by atoms with E-state index in [0.29, 0.717) is 35.1 Å². The zero-order valence-electron chi connectivity index (χ0n) is 14.5. The number of carbonyl (C=O) groups excluding carboxylic acids is 2. The number of esters is 2. The van der Waals surface area contributed by atoms with Gasteiger partial charge in [0, 0.05) is 24.1 Å². The van der Waals surface area contributed by atoms with Crippen LogP contribution in [0.25, 0.3) is 5.69 Å². The molecule has 0 saturated heterocycles. The molecule has 0 amide bonds.